The van der Waals surface area contributed by atoms with Crippen molar-refractivity contribution in [1.82, 2.24) is 4.90 Å². The first-order valence-corrected chi connectivity index (χ1v) is 14.5. The lowest BCUT2D eigenvalue weighted by Gasteiger charge is -2.19. The van der Waals surface area contributed by atoms with Crippen LogP contribution in [0.25, 0.3) is 11.3 Å². The Hall–Kier alpha value is -4.50. The Bertz CT molecular complexity index is 1500. The molecule has 0 aliphatic carbocycles. The van der Waals surface area contributed by atoms with Gasteiger partial charge in [-0.25, -0.2) is 4.39 Å². The minimum atomic E-state index is -0.442. The highest BCUT2D eigenvalue weighted by Gasteiger charge is 2.29. The molecule has 3 aromatic rings. The third kappa shape index (κ3) is 8.29. The fourth-order valence-electron chi connectivity index (χ4n) is 4.96. The Morgan fingerprint density at radius 2 is 1.72 bits per heavy atom. The molecule has 226 valence electrons. The van der Waals surface area contributed by atoms with Gasteiger partial charge in [-0.1, -0.05) is 18.2 Å². The average Bonchev–Trinajstić information content (AvgIpc) is 3.31. The lowest BCUT2D eigenvalue weighted by molar-refractivity contribution is -0.143. The van der Waals surface area contributed by atoms with Gasteiger partial charge in [0.1, 0.15) is 5.82 Å². The van der Waals surface area contributed by atoms with Crippen LogP contribution in [-0.4, -0.2) is 57.0 Å². The maximum atomic E-state index is 14.0. The van der Waals surface area contributed by atoms with Gasteiger partial charge in [-0.3, -0.25) is 14.4 Å². The summed E-state index contributed by atoms with van der Waals surface area (Å²) in [4.78, 5) is 41.7. The zero-order valence-corrected chi connectivity index (χ0v) is 25.2. The summed E-state index contributed by atoms with van der Waals surface area (Å²) in [6.07, 6.45) is 2.97. The minimum absolute atomic E-state index is 0.0494. The number of halogens is 1. The van der Waals surface area contributed by atoms with E-state index in [0.717, 1.165) is 36.2 Å². The molecule has 0 radical (unpaired) electrons. The number of nitrogens with one attached hydrogen (secondary N) is 2. The summed E-state index contributed by atoms with van der Waals surface area (Å²) < 4.78 is 19.0. The van der Waals surface area contributed by atoms with Gasteiger partial charge in [-0.05, 0) is 106 Å². The van der Waals surface area contributed by atoms with Gasteiger partial charge in [0.25, 0.3) is 5.91 Å². The smallest absolute Gasteiger partial charge is 0.306 e. The van der Waals surface area contributed by atoms with Crippen molar-refractivity contribution in [2.24, 2.45) is 0 Å². The van der Waals surface area contributed by atoms with Crippen LogP contribution in [-0.2, 0) is 25.5 Å². The van der Waals surface area contributed by atoms with Gasteiger partial charge in [0.05, 0.1) is 23.6 Å². The first kappa shape index (κ1) is 31.4. The average molecular weight is 587 g/mol. The molecular formula is C34H39FN4O4. The molecule has 9 heteroatoms. The molecule has 8 nitrogen and oxygen atoms in total. The van der Waals surface area contributed by atoms with E-state index < -0.39 is 5.82 Å². The quantitative estimate of drug-likeness (QED) is 0.146. The van der Waals surface area contributed by atoms with E-state index in [0.29, 0.717) is 47.7 Å². The van der Waals surface area contributed by atoms with Crippen LogP contribution in [0.5, 0.6) is 0 Å². The van der Waals surface area contributed by atoms with Gasteiger partial charge >= 0.3 is 5.97 Å². The SMILES string of the molecule is CCOC(=O)CCc1cccc(/C(Nc2ccc(N(C)C(=O)CCCCN(C)C)cc2)=C2/C(=O)Nc3cc(F)ccc32)c1. The van der Waals surface area contributed by atoms with Gasteiger partial charge in [-0.2, -0.15) is 0 Å². The third-order valence-electron chi connectivity index (χ3n) is 7.26. The number of ether oxygens (including phenoxy) is 1. The molecule has 0 atom stereocenters. The van der Waals surface area contributed by atoms with Crippen molar-refractivity contribution in [2.75, 3.05) is 49.8 Å². The van der Waals surface area contributed by atoms with Crippen LogP contribution in [0.15, 0.2) is 66.7 Å². The fraction of sp³-hybridized carbons (Fsp3) is 0.324. The second-order valence-corrected chi connectivity index (χ2v) is 10.8. The molecule has 1 aliphatic rings. The van der Waals surface area contributed by atoms with Gasteiger partial charge < -0.3 is 25.2 Å². The van der Waals surface area contributed by atoms with Crippen LogP contribution in [0.4, 0.5) is 21.5 Å². The number of unbranched alkanes of at least 4 members (excludes halogenated alkanes) is 1. The number of hydrogen-bond acceptors (Lipinski definition) is 6. The zero-order chi connectivity index (χ0) is 30.9. The minimum Gasteiger partial charge on any atom is -0.466 e. The van der Waals surface area contributed by atoms with Crippen molar-refractivity contribution < 1.29 is 23.5 Å². The molecule has 2 amide bonds. The topological polar surface area (TPSA) is 91.0 Å². The van der Waals surface area contributed by atoms with Crippen molar-refractivity contribution in [3.05, 3.63) is 89.2 Å². The molecule has 4 rings (SSSR count). The van der Waals surface area contributed by atoms with Crippen LogP contribution in [0.2, 0.25) is 0 Å². The first-order chi connectivity index (χ1) is 20.7. The predicted molar refractivity (Wildman–Crippen MR) is 169 cm³/mol. The normalized spacial score (nSPS) is 13.4. The molecule has 0 unspecified atom stereocenters. The largest absolute Gasteiger partial charge is 0.466 e. The zero-order valence-electron chi connectivity index (χ0n) is 25.2. The Morgan fingerprint density at radius 1 is 0.953 bits per heavy atom. The van der Waals surface area contributed by atoms with E-state index in [1.807, 2.05) is 62.6 Å². The summed E-state index contributed by atoms with van der Waals surface area (Å²) in [7, 11) is 5.81. The number of aryl methyl sites for hydroxylation is 1. The number of fused-ring (bicyclic) bond motifs is 1. The van der Waals surface area contributed by atoms with Crippen molar-refractivity contribution in [3.8, 4) is 0 Å². The molecule has 1 heterocycles. The number of hydrogen-bond donors (Lipinski definition) is 2. The molecule has 0 spiro atoms. The van der Waals surface area contributed by atoms with E-state index in [-0.39, 0.29) is 24.2 Å². The number of anilines is 3. The molecule has 0 saturated carbocycles. The summed E-state index contributed by atoms with van der Waals surface area (Å²) >= 11 is 0. The first-order valence-electron chi connectivity index (χ1n) is 14.5. The van der Waals surface area contributed by atoms with E-state index in [9.17, 15) is 18.8 Å². The van der Waals surface area contributed by atoms with Gasteiger partial charge in [-0.15, -0.1) is 0 Å². The van der Waals surface area contributed by atoms with Gasteiger partial charge in [0.2, 0.25) is 5.91 Å². The van der Waals surface area contributed by atoms with Crippen LogP contribution in [0.1, 0.15) is 49.3 Å². The van der Waals surface area contributed by atoms with Gasteiger partial charge in [0, 0.05) is 36.8 Å². The molecule has 0 aromatic heterocycles. The second-order valence-electron chi connectivity index (χ2n) is 10.8. The lowest BCUT2D eigenvalue weighted by atomic mass is 9.97. The van der Waals surface area contributed by atoms with E-state index >= 15 is 0 Å². The van der Waals surface area contributed by atoms with Crippen LogP contribution in [0.3, 0.4) is 0 Å². The number of amides is 2. The molecule has 0 saturated heterocycles. The number of carbonyl (C=O) groups is 3. The highest BCUT2D eigenvalue weighted by molar-refractivity contribution is 6.37. The third-order valence-corrected chi connectivity index (χ3v) is 7.26. The molecular weight excluding hydrogens is 547 g/mol. The number of rotatable bonds is 13. The highest BCUT2D eigenvalue weighted by atomic mass is 19.1. The standard InChI is InChI=1S/C34H39FN4O4/c1-5-43-31(41)19-12-23-9-8-10-24(21-23)33(32-28-18-13-25(35)22-29(28)37-34(32)42)36-26-14-16-27(17-15-26)39(4)30(40)11-6-7-20-38(2)3/h8-10,13-18,21-22,36H,5-7,11-12,19-20H2,1-4H3,(H,37,42)/b33-32-. The van der Waals surface area contributed by atoms with E-state index in [2.05, 4.69) is 15.5 Å². The van der Waals surface area contributed by atoms with Gasteiger partial charge in [0.15, 0.2) is 0 Å². The Labute approximate surface area is 252 Å². The second kappa shape index (κ2) is 14.6. The fourth-order valence-corrected chi connectivity index (χ4v) is 4.96. The number of nitrogens with zero attached hydrogens (tertiary/aromatic N) is 2. The summed E-state index contributed by atoms with van der Waals surface area (Å²) in [6, 6.07) is 19.3. The Balaban J connectivity index is 1.61. The summed E-state index contributed by atoms with van der Waals surface area (Å²) in [6.45, 7) is 3.05. The summed E-state index contributed by atoms with van der Waals surface area (Å²) in [5.74, 6) is -1.01. The van der Waals surface area contributed by atoms with Crippen molar-refractivity contribution in [3.63, 3.8) is 0 Å². The Morgan fingerprint density at radius 3 is 2.44 bits per heavy atom. The summed E-state index contributed by atoms with van der Waals surface area (Å²) in [5, 5.41) is 6.18. The maximum absolute atomic E-state index is 14.0. The molecule has 3 aromatic carbocycles. The number of esters is 1. The molecule has 43 heavy (non-hydrogen) atoms. The maximum Gasteiger partial charge on any atom is 0.306 e. The molecule has 2 N–H and O–H groups in total. The lowest BCUT2D eigenvalue weighted by Crippen LogP contribution is -2.26. The van der Waals surface area contributed by atoms with Crippen molar-refractivity contribution in [2.45, 2.75) is 39.0 Å². The van der Waals surface area contributed by atoms with Crippen LogP contribution in [0, 0.1) is 5.82 Å². The molecule has 0 fully saturated rings. The van der Waals surface area contributed by atoms with E-state index in [4.69, 9.17) is 4.74 Å². The van der Waals surface area contributed by atoms with E-state index in [1.165, 1.54) is 12.1 Å². The Kier molecular flexibility index (Phi) is 10.7. The highest BCUT2D eigenvalue weighted by Crippen LogP contribution is 2.38. The van der Waals surface area contributed by atoms with E-state index in [1.54, 1.807) is 24.9 Å². The molecule has 1 aliphatic heterocycles. The van der Waals surface area contributed by atoms with Crippen LogP contribution >= 0.6 is 0 Å². The summed E-state index contributed by atoms with van der Waals surface area (Å²) in [5.41, 5.74) is 5.02. The van der Waals surface area contributed by atoms with Crippen molar-refractivity contribution >= 4 is 46.1 Å². The van der Waals surface area contributed by atoms with Crippen LogP contribution < -0.4 is 15.5 Å². The molecule has 0 bridgehead atoms. The number of carbonyl (C=O) groups excluding carboxylic acids is 3. The monoisotopic (exact) mass is 586 g/mol. The predicted octanol–water partition coefficient (Wildman–Crippen LogP) is 5.95. The van der Waals surface area contributed by atoms with Crippen molar-refractivity contribution in [1.29, 1.82) is 0 Å². The number of benzene rings is 3.